The van der Waals surface area contributed by atoms with Gasteiger partial charge >= 0.3 is 6.09 Å². The van der Waals surface area contributed by atoms with Gasteiger partial charge in [-0.1, -0.05) is 36.4 Å². The SMILES string of the molecule is O=C1OC[C@H](c2ccc(F)cc2)N1c1ccn2ncc(-c3ccc(-c4ncn[nH]4)cc3)c2n1. The quantitative estimate of drug-likeness (QED) is 0.452. The Morgan fingerprint density at radius 2 is 1.82 bits per heavy atom. The molecule has 1 saturated heterocycles. The third kappa shape index (κ3) is 3.28. The number of nitrogens with zero attached hydrogens (tertiary/aromatic N) is 6. The summed E-state index contributed by atoms with van der Waals surface area (Å²) in [6.07, 6.45) is 4.44. The zero-order valence-corrected chi connectivity index (χ0v) is 17.1. The molecule has 5 aromatic rings. The summed E-state index contributed by atoms with van der Waals surface area (Å²) < 4.78 is 20.3. The molecule has 0 spiro atoms. The van der Waals surface area contributed by atoms with Crippen LogP contribution in [0.1, 0.15) is 11.6 Å². The molecule has 33 heavy (non-hydrogen) atoms. The van der Waals surface area contributed by atoms with E-state index in [-0.39, 0.29) is 12.4 Å². The number of aromatic amines is 1. The number of hydrogen-bond donors (Lipinski definition) is 1. The lowest BCUT2D eigenvalue weighted by molar-refractivity contribution is 0.179. The third-order valence-corrected chi connectivity index (χ3v) is 5.61. The molecule has 1 atom stereocenters. The van der Waals surface area contributed by atoms with Gasteiger partial charge in [-0.3, -0.25) is 10.00 Å². The zero-order valence-electron chi connectivity index (χ0n) is 17.1. The highest BCUT2D eigenvalue weighted by molar-refractivity contribution is 5.90. The summed E-state index contributed by atoms with van der Waals surface area (Å²) in [6, 6.07) is 15.1. The number of aromatic nitrogens is 6. The Hall–Kier alpha value is -4.60. The first-order valence-corrected chi connectivity index (χ1v) is 10.2. The Balaban J connectivity index is 1.38. The van der Waals surface area contributed by atoms with Crippen molar-refractivity contribution in [1.82, 2.24) is 29.8 Å². The Bertz CT molecular complexity index is 1450. The molecule has 10 heteroatoms. The topological polar surface area (TPSA) is 101 Å². The predicted molar refractivity (Wildman–Crippen MR) is 117 cm³/mol. The van der Waals surface area contributed by atoms with Crippen LogP contribution in [0.2, 0.25) is 0 Å². The molecule has 6 rings (SSSR count). The van der Waals surface area contributed by atoms with Crippen molar-refractivity contribution in [2.75, 3.05) is 11.5 Å². The van der Waals surface area contributed by atoms with E-state index in [1.165, 1.54) is 23.4 Å². The molecular weight excluding hydrogens is 425 g/mol. The summed E-state index contributed by atoms with van der Waals surface area (Å²) in [5.74, 6) is 0.772. The van der Waals surface area contributed by atoms with Gasteiger partial charge in [-0.2, -0.15) is 10.2 Å². The Morgan fingerprint density at radius 1 is 1.03 bits per heavy atom. The number of hydrogen-bond acceptors (Lipinski definition) is 6. The maximum Gasteiger partial charge on any atom is 0.416 e. The molecule has 1 aliphatic rings. The van der Waals surface area contributed by atoms with Crippen LogP contribution in [0, 0.1) is 5.82 Å². The van der Waals surface area contributed by atoms with Crippen molar-refractivity contribution >= 4 is 17.6 Å². The van der Waals surface area contributed by atoms with E-state index < -0.39 is 12.1 Å². The standard InChI is InChI=1S/C23H16FN7O2/c24-17-7-5-15(6-8-17)19-12-33-23(32)31(19)20-9-10-30-22(28-20)18(11-27-30)14-1-3-16(4-2-14)21-25-13-26-29-21/h1-11,13,19H,12H2,(H,25,26,29)/t19-/m1/s1. The number of amides is 1. The number of ether oxygens (including phenoxy) is 1. The lowest BCUT2D eigenvalue weighted by Crippen LogP contribution is -2.28. The molecule has 1 fully saturated rings. The van der Waals surface area contributed by atoms with Crippen LogP contribution >= 0.6 is 0 Å². The number of benzene rings is 2. The molecule has 1 amide bonds. The molecule has 4 heterocycles. The number of anilines is 1. The van der Waals surface area contributed by atoms with Crippen molar-refractivity contribution in [1.29, 1.82) is 0 Å². The highest BCUT2D eigenvalue weighted by Crippen LogP contribution is 2.33. The molecule has 0 bridgehead atoms. The fourth-order valence-electron chi connectivity index (χ4n) is 3.95. The second kappa shape index (κ2) is 7.52. The van der Waals surface area contributed by atoms with E-state index in [0.29, 0.717) is 17.3 Å². The van der Waals surface area contributed by atoms with Gasteiger partial charge in [-0.15, -0.1) is 0 Å². The molecule has 1 aliphatic heterocycles. The average molecular weight is 441 g/mol. The van der Waals surface area contributed by atoms with Crippen LogP contribution in [0.4, 0.5) is 15.0 Å². The Morgan fingerprint density at radius 3 is 2.58 bits per heavy atom. The van der Waals surface area contributed by atoms with Crippen molar-refractivity contribution in [2.45, 2.75) is 6.04 Å². The summed E-state index contributed by atoms with van der Waals surface area (Å²) in [7, 11) is 0. The van der Waals surface area contributed by atoms with E-state index in [1.54, 1.807) is 35.1 Å². The minimum absolute atomic E-state index is 0.159. The highest BCUT2D eigenvalue weighted by atomic mass is 19.1. The van der Waals surface area contributed by atoms with Crippen LogP contribution in [-0.4, -0.2) is 42.5 Å². The van der Waals surface area contributed by atoms with E-state index in [1.807, 2.05) is 24.3 Å². The first-order chi connectivity index (χ1) is 16.2. The van der Waals surface area contributed by atoms with Crippen molar-refractivity contribution < 1.29 is 13.9 Å². The number of carbonyl (C=O) groups excluding carboxylic acids is 1. The largest absolute Gasteiger partial charge is 0.447 e. The molecule has 1 N–H and O–H groups in total. The van der Waals surface area contributed by atoms with E-state index >= 15 is 0 Å². The van der Waals surface area contributed by atoms with Gasteiger partial charge in [0.25, 0.3) is 0 Å². The second-order valence-corrected chi connectivity index (χ2v) is 7.54. The van der Waals surface area contributed by atoms with Gasteiger partial charge in [-0.25, -0.2) is 23.7 Å². The summed E-state index contributed by atoms with van der Waals surface area (Å²) in [4.78, 5) is 22.9. The van der Waals surface area contributed by atoms with Crippen LogP contribution in [0.15, 0.2) is 73.3 Å². The van der Waals surface area contributed by atoms with Crippen molar-refractivity contribution in [3.63, 3.8) is 0 Å². The molecule has 0 aliphatic carbocycles. The van der Waals surface area contributed by atoms with Crippen molar-refractivity contribution in [3.05, 3.63) is 84.7 Å². The van der Waals surface area contributed by atoms with Crippen molar-refractivity contribution in [2.24, 2.45) is 0 Å². The summed E-state index contributed by atoms with van der Waals surface area (Å²) in [5, 5.41) is 11.1. The molecular formula is C23H16FN7O2. The first kappa shape index (κ1) is 19.1. The van der Waals surface area contributed by atoms with Gasteiger partial charge in [0.05, 0.1) is 6.20 Å². The smallest absolute Gasteiger partial charge is 0.416 e. The number of carbonyl (C=O) groups is 1. The summed E-state index contributed by atoms with van der Waals surface area (Å²) in [6.45, 7) is 0.159. The van der Waals surface area contributed by atoms with Gasteiger partial charge in [0.1, 0.15) is 30.6 Å². The summed E-state index contributed by atoms with van der Waals surface area (Å²) >= 11 is 0. The van der Waals surface area contributed by atoms with Crippen LogP contribution < -0.4 is 4.90 Å². The number of H-pyrrole nitrogens is 1. The number of cyclic esters (lactones) is 1. The van der Waals surface area contributed by atoms with Crippen LogP contribution in [0.5, 0.6) is 0 Å². The van der Waals surface area contributed by atoms with Crippen LogP contribution in [0.25, 0.3) is 28.2 Å². The third-order valence-electron chi connectivity index (χ3n) is 5.61. The number of halogens is 1. The van der Waals surface area contributed by atoms with E-state index in [9.17, 15) is 9.18 Å². The minimum Gasteiger partial charge on any atom is -0.447 e. The van der Waals surface area contributed by atoms with E-state index in [2.05, 4.69) is 20.3 Å². The molecule has 162 valence electrons. The van der Waals surface area contributed by atoms with Gasteiger partial charge in [0, 0.05) is 17.3 Å². The highest BCUT2D eigenvalue weighted by Gasteiger charge is 2.36. The maximum absolute atomic E-state index is 13.4. The van der Waals surface area contributed by atoms with E-state index in [4.69, 9.17) is 9.72 Å². The number of nitrogens with one attached hydrogen (secondary N) is 1. The molecule has 0 saturated carbocycles. The fourth-order valence-corrected chi connectivity index (χ4v) is 3.95. The van der Waals surface area contributed by atoms with Gasteiger partial charge in [0.2, 0.25) is 0 Å². The number of fused-ring (bicyclic) bond motifs is 1. The molecule has 9 nitrogen and oxygen atoms in total. The molecule has 2 aromatic carbocycles. The van der Waals surface area contributed by atoms with Gasteiger partial charge in [0.15, 0.2) is 11.5 Å². The van der Waals surface area contributed by atoms with Crippen molar-refractivity contribution in [3.8, 4) is 22.5 Å². The normalized spacial score (nSPS) is 15.8. The Kier molecular flexibility index (Phi) is 4.35. The lowest BCUT2D eigenvalue weighted by Gasteiger charge is -2.20. The van der Waals surface area contributed by atoms with Crippen LogP contribution in [-0.2, 0) is 4.74 Å². The minimum atomic E-state index is -0.501. The maximum atomic E-state index is 13.4. The number of rotatable bonds is 4. The monoisotopic (exact) mass is 441 g/mol. The first-order valence-electron chi connectivity index (χ1n) is 10.2. The molecule has 3 aromatic heterocycles. The second-order valence-electron chi connectivity index (χ2n) is 7.54. The van der Waals surface area contributed by atoms with Gasteiger partial charge < -0.3 is 4.74 Å². The average Bonchev–Trinajstić information content (AvgIpc) is 3.59. The van der Waals surface area contributed by atoms with Gasteiger partial charge in [-0.05, 0) is 29.3 Å². The predicted octanol–water partition coefficient (Wildman–Crippen LogP) is 4.02. The Labute approximate surface area is 186 Å². The molecule has 0 unspecified atom stereocenters. The molecule has 0 radical (unpaired) electrons. The van der Waals surface area contributed by atoms with Crippen LogP contribution in [0.3, 0.4) is 0 Å². The summed E-state index contributed by atoms with van der Waals surface area (Å²) in [5.41, 5.74) is 3.99. The van der Waals surface area contributed by atoms with E-state index in [0.717, 1.165) is 22.3 Å². The fraction of sp³-hybridized carbons (Fsp3) is 0.0870. The lowest BCUT2D eigenvalue weighted by atomic mass is 10.1. The zero-order chi connectivity index (χ0) is 22.4.